The Bertz CT molecular complexity index is 619. The molecule has 144 valence electrons. The maximum Gasteiger partial charge on any atom is 0.227 e. The molecule has 0 aromatic heterocycles. The third-order valence-corrected chi connectivity index (χ3v) is 3.88. The van der Waals surface area contributed by atoms with Gasteiger partial charge in [-0.25, -0.2) is 4.99 Å². The topological polar surface area (TPSA) is 85.8 Å². The predicted octanol–water partition coefficient (Wildman–Crippen LogP) is 1.62. The molecular weight excluding hydrogens is 445 g/mol. The first-order valence-corrected chi connectivity index (χ1v) is 8.76. The van der Waals surface area contributed by atoms with E-state index in [4.69, 9.17) is 0 Å². The van der Waals surface area contributed by atoms with Gasteiger partial charge < -0.3 is 20.9 Å². The molecular formula is C18H28IN5O2. The number of benzene rings is 1. The molecule has 8 heteroatoms. The zero-order valence-electron chi connectivity index (χ0n) is 15.4. The van der Waals surface area contributed by atoms with Crippen LogP contribution >= 0.6 is 24.0 Å². The van der Waals surface area contributed by atoms with E-state index in [1.54, 1.807) is 0 Å². The lowest BCUT2D eigenvalue weighted by molar-refractivity contribution is -0.119. The second-order valence-electron chi connectivity index (χ2n) is 5.92. The van der Waals surface area contributed by atoms with Gasteiger partial charge in [-0.2, -0.15) is 0 Å². The lowest BCUT2D eigenvalue weighted by Gasteiger charge is -2.16. The van der Waals surface area contributed by atoms with Crippen molar-refractivity contribution in [3.63, 3.8) is 0 Å². The van der Waals surface area contributed by atoms with Gasteiger partial charge in [-0.15, -0.1) is 24.0 Å². The molecule has 0 spiro atoms. The summed E-state index contributed by atoms with van der Waals surface area (Å²) in [6, 6.07) is 7.97. The maximum absolute atomic E-state index is 11.8. The van der Waals surface area contributed by atoms with Crippen LogP contribution in [0.3, 0.4) is 0 Å². The molecule has 26 heavy (non-hydrogen) atoms. The van der Waals surface area contributed by atoms with Crippen LogP contribution < -0.4 is 20.9 Å². The maximum atomic E-state index is 11.8. The number of rotatable bonds is 7. The Hall–Kier alpha value is -1.84. The van der Waals surface area contributed by atoms with Crippen molar-refractivity contribution in [1.82, 2.24) is 16.0 Å². The largest absolute Gasteiger partial charge is 0.357 e. The number of hydrogen-bond donors (Lipinski definition) is 3. The quantitative estimate of drug-likeness (QED) is 0.243. The highest BCUT2D eigenvalue weighted by Gasteiger charge is 2.21. The molecule has 1 fully saturated rings. The molecule has 0 aliphatic carbocycles. The van der Waals surface area contributed by atoms with E-state index in [1.807, 2.05) is 36.1 Å². The molecule has 1 aromatic rings. The van der Waals surface area contributed by atoms with Gasteiger partial charge in [0.2, 0.25) is 11.8 Å². The average Bonchev–Trinajstić information content (AvgIpc) is 3.02. The molecule has 2 amide bonds. The van der Waals surface area contributed by atoms with Gasteiger partial charge in [0.25, 0.3) is 0 Å². The Kier molecular flexibility index (Phi) is 10.0. The monoisotopic (exact) mass is 473 g/mol. The van der Waals surface area contributed by atoms with Crippen LogP contribution in [0.4, 0.5) is 5.69 Å². The van der Waals surface area contributed by atoms with E-state index in [9.17, 15) is 9.59 Å². The van der Waals surface area contributed by atoms with Crippen molar-refractivity contribution in [3.8, 4) is 0 Å². The zero-order valence-corrected chi connectivity index (χ0v) is 17.7. The third-order valence-electron chi connectivity index (χ3n) is 3.88. The van der Waals surface area contributed by atoms with E-state index in [2.05, 4.69) is 20.9 Å². The van der Waals surface area contributed by atoms with Crippen molar-refractivity contribution in [2.24, 2.45) is 4.99 Å². The number of guanidine groups is 1. The SMILES string of the molecule is CCNC(=NCc1ccc(N2CCCC2=O)cc1)NCCNC(C)=O.I. The zero-order chi connectivity index (χ0) is 18.1. The molecule has 3 N–H and O–H groups in total. The highest BCUT2D eigenvalue weighted by Crippen LogP contribution is 2.21. The Morgan fingerprint density at radius 2 is 1.85 bits per heavy atom. The summed E-state index contributed by atoms with van der Waals surface area (Å²) in [6.07, 6.45) is 1.57. The molecule has 0 radical (unpaired) electrons. The fourth-order valence-corrected chi connectivity index (χ4v) is 2.63. The molecule has 0 bridgehead atoms. The second kappa shape index (κ2) is 11.7. The van der Waals surface area contributed by atoms with Crippen molar-refractivity contribution in [2.75, 3.05) is 31.1 Å². The van der Waals surface area contributed by atoms with Crippen LogP contribution in [0.15, 0.2) is 29.3 Å². The molecule has 2 rings (SSSR count). The minimum Gasteiger partial charge on any atom is -0.357 e. The molecule has 1 aromatic carbocycles. The summed E-state index contributed by atoms with van der Waals surface area (Å²) in [7, 11) is 0. The fourth-order valence-electron chi connectivity index (χ4n) is 2.63. The molecule has 1 heterocycles. The van der Waals surface area contributed by atoms with Crippen LogP contribution in [0.5, 0.6) is 0 Å². The van der Waals surface area contributed by atoms with Gasteiger partial charge in [-0.1, -0.05) is 12.1 Å². The van der Waals surface area contributed by atoms with E-state index >= 15 is 0 Å². The number of hydrogen-bond acceptors (Lipinski definition) is 3. The highest BCUT2D eigenvalue weighted by atomic mass is 127. The van der Waals surface area contributed by atoms with Crippen LogP contribution in [-0.4, -0.2) is 44.0 Å². The minimum absolute atomic E-state index is 0. The van der Waals surface area contributed by atoms with Crippen LogP contribution in [0.2, 0.25) is 0 Å². The smallest absolute Gasteiger partial charge is 0.227 e. The summed E-state index contributed by atoms with van der Waals surface area (Å²) in [6.45, 7) is 6.79. The Morgan fingerprint density at radius 1 is 1.15 bits per heavy atom. The third kappa shape index (κ3) is 7.19. The highest BCUT2D eigenvalue weighted by molar-refractivity contribution is 14.0. The van der Waals surface area contributed by atoms with Crippen LogP contribution in [-0.2, 0) is 16.1 Å². The fraction of sp³-hybridized carbons (Fsp3) is 0.500. The van der Waals surface area contributed by atoms with Crippen LogP contribution in [0.1, 0.15) is 32.3 Å². The molecule has 0 unspecified atom stereocenters. The van der Waals surface area contributed by atoms with Crippen LogP contribution in [0.25, 0.3) is 0 Å². The van der Waals surface area contributed by atoms with E-state index in [0.29, 0.717) is 32.0 Å². The Labute approximate surface area is 172 Å². The van der Waals surface area contributed by atoms with E-state index < -0.39 is 0 Å². The first-order chi connectivity index (χ1) is 12.1. The Balaban J connectivity index is 0.00000338. The van der Waals surface area contributed by atoms with Crippen molar-refractivity contribution in [1.29, 1.82) is 0 Å². The Morgan fingerprint density at radius 3 is 2.42 bits per heavy atom. The van der Waals surface area contributed by atoms with E-state index in [0.717, 1.165) is 30.8 Å². The van der Waals surface area contributed by atoms with Crippen molar-refractivity contribution < 1.29 is 9.59 Å². The summed E-state index contributed by atoms with van der Waals surface area (Å²) >= 11 is 0. The first kappa shape index (κ1) is 22.2. The van der Waals surface area contributed by atoms with Crippen molar-refractivity contribution >= 4 is 47.4 Å². The van der Waals surface area contributed by atoms with E-state index in [-0.39, 0.29) is 35.8 Å². The standard InChI is InChI=1S/C18H27N5O2.HI/c1-3-19-18(21-11-10-20-14(2)24)22-13-15-6-8-16(9-7-15)23-12-4-5-17(23)25;/h6-9H,3-5,10-13H2,1-2H3,(H,20,24)(H2,19,21,22);1H. The van der Waals surface area contributed by atoms with Gasteiger partial charge in [0.15, 0.2) is 5.96 Å². The minimum atomic E-state index is -0.0414. The summed E-state index contributed by atoms with van der Waals surface area (Å²) in [5, 5.41) is 9.09. The van der Waals surface area contributed by atoms with Crippen LogP contribution in [0, 0.1) is 0 Å². The summed E-state index contributed by atoms with van der Waals surface area (Å²) in [5.41, 5.74) is 2.03. The summed E-state index contributed by atoms with van der Waals surface area (Å²) in [5.74, 6) is 0.871. The molecule has 1 aliphatic rings. The average molecular weight is 473 g/mol. The molecule has 7 nitrogen and oxygen atoms in total. The number of aliphatic imine (C=N–C) groups is 1. The number of nitrogens with one attached hydrogen (secondary N) is 3. The van der Waals surface area contributed by atoms with Gasteiger partial charge in [-0.3, -0.25) is 9.59 Å². The van der Waals surface area contributed by atoms with Gasteiger partial charge >= 0.3 is 0 Å². The van der Waals surface area contributed by atoms with Crippen molar-refractivity contribution in [2.45, 2.75) is 33.2 Å². The molecule has 1 aliphatic heterocycles. The lowest BCUT2D eigenvalue weighted by Crippen LogP contribution is -2.41. The lowest BCUT2D eigenvalue weighted by atomic mass is 10.2. The molecule has 0 saturated carbocycles. The summed E-state index contributed by atoms with van der Waals surface area (Å²) in [4.78, 5) is 29.0. The van der Waals surface area contributed by atoms with Gasteiger partial charge in [-0.05, 0) is 31.0 Å². The normalized spacial score (nSPS) is 14.0. The summed E-state index contributed by atoms with van der Waals surface area (Å²) < 4.78 is 0. The van der Waals surface area contributed by atoms with Gasteiger partial charge in [0, 0.05) is 45.2 Å². The van der Waals surface area contributed by atoms with Crippen molar-refractivity contribution in [3.05, 3.63) is 29.8 Å². The van der Waals surface area contributed by atoms with Gasteiger partial charge in [0.05, 0.1) is 6.54 Å². The predicted molar refractivity (Wildman–Crippen MR) is 115 cm³/mol. The van der Waals surface area contributed by atoms with E-state index in [1.165, 1.54) is 6.92 Å². The number of amides is 2. The number of anilines is 1. The number of nitrogens with zero attached hydrogens (tertiary/aromatic N) is 2. The molecule has 1 saturated heterocycles. The number of carbonyl (C=O) groups is 2. The number of carbonyl (C=O) groups excluding carboxylic acids is 2. The first-order valence-electron chi connectivity index (χ1n) is 8.76. The number of halogens is 1. The second-order valence-corrected chi connectivity index (χ2v) is 5.92. The van der Waals surface area contributed by atoms with Gasteiger partial charge in [0.1, 0.15) is 0 Å². The molecule has 0 atom stereocenters.